The molecule has 0 saturated carbocycles. The van der Waals surface area contributed by atoms with Crippen LogP contribution in [0.5, 0.6) is 0 Å². The van der Waals surface area contributed by atoms with Gasteiger partial charge in [0.15, 0.2) is 0 Å². The zero-order chi connectivity index (χ0) is 59.8. The van der Waals surface area contributed by atoms with Crippen LogP contribution in [0.4, 0.5) is 17.6 Å². The molecule has 0 saturated heterocycles. The summed E-state index contributed by atoms with van der Waals surface area (Å²) < 4.78 is 75.4. The fraction of sp³-hybridized carbons (Fsp3) is 0.0513. The van der Waals surface area contributed by atoms with E-state index in [0.717, 1.165) is 115 Å². The predicted molar refractivity (Wildman–Crippen MR) is 347 cm³/mol. The molecule has 0 aliphatic heterocycles. The van der Waals surface area contributed by atoms with Gasteiger partial charge in [0.1, 0.15) is 23.3 Å². The summed E-state index contributed by atoms with van der Waals surface area (Å²) in [5.74, 6) is -2.95. The zero-order valence-corrected chi connectivity index (χ0v) is 47.8. The van der Waals surface area contributed by atoms with Gasteiger partial charge in [-0.2, -0.15) is 10.5 Å². The molecule has 0 amide bonds. The molecule has 4 aromatic heterocycles. The Balaban J connectivity index is 0.896. The number of hydrogen-bond donors (Lipinski definition) is 0. The fourth-order valence-electron chi connectivity index (χ4n) is 14.0. The number of aryl methyl sites for hydroxylation is 3. The molecule has 6 nitrogen and oxygen atoms in total. The van der Waals surface area contributed by atoms with E-state index < -0.39 is 23.3 Å². The van der Waals surface area contributed by atoms with E-state index in [1.807, 2.05) is 135 Å². The Bertz CT molecular complexity index is 5760. The number of rotatable bonds is 8. The fourth-order valence-corrected chi connectivity index (χ4v) is 14.0. The van der Waals surface area contributed by atoms with E-state index in [0.29, 0.717) is 45.9 Å². The molecule has 12 aromatic carbocycles. The van der Waals surface area contributed by atoms with Crippen LogP contribution in [0.15, 0.2) is 224 Å². The number of benzene rings is 12. The zero-order valence-electron chi connectivity index (χ0n) is 47.8. The molecule has 0 aliphatic carbocycles. The number of fused-ring (bicyclic) bond motifs is 12. The number of halogens is 4. The van der Waals surface area contributed by atoms with Gasteiger partial charge in [-0.15, -0.1) is 0 Å². The summed E-state index contributed by atoms with van der Waals surface area (Å²) in [6, 6.07) is 74.4. The van der Waals surface area contributed by atoms with Crippen molar-refractivity contribution in [3.63, 3.8) is 0 Å². The van der Waals surface area contributed by atoms with Gasteiger partial charge >= 0.3 is 0 Å². The van der Waals surface area contributed by atoms with Crippen molar-refractivity contribution in [3.05, 3.63) is 287 Å². The lowest BCUT2D eigenvalue weighted by molar-refractivity contribution is 0.588. The minimum absolute atomic E-state index is 0.210. The normalized spacial score (nSPS) is 11.8. The van der Waals surface area contributed by atoms with Gasteiger partial charge in [0.05, 0.1) is 101 Å². The van der Waals surface area contributed by atoms with Gasteiger partial charge in [-0.05, 0) is 165 Å². The summed E-state index contributed by atoms with van der Waals surface area (Å²) in [6.07, 6.45) is 0.511. The van der Waals surface area contributed by atoms with E-state index >= 15 is 17.6 Å². The molecule has 10 heteroatoms. The maximum atomic E-state index is 16.8. The molecule has 0 bridgehead atoms. The van der Waals surface area contributed by atoms with Crippen molar-refractivity contribution in [1.82, 2.24) is 18.3 Å². The summed E-state index contributed by atoms with van der Waals surface area (Å²) in [5, 5.41) is 29.3. The van der Waals surface area contributed by atoms with Crippen molar-refractivity contribution in [2.75, 3.05) is 0 Å². The third kappa shape index (κ3) is 7.79. The molecular formula is C78H48F4N6. The van der Waals surface area contributed by atoms with E-state index in [9.17, 15) is 10.5 Å². The first-order chi connectivity index (χ1) is 43.0. The average Bonchev–Trinajstić information content (AvgIpc) is 1.53. The predicted octanol–water partition coefficient (Wildman–Crippen LogP) is 20.2. The van der Waals surface area contributed by atoms with Crippen molar-refractivity contribution >= 4 is 87.2 Å². The van der Waals surface area contributed by atoms with Crippen LogP contribution < -0.4 is 0 Å². The van der Waals surface area contributed by atoms with E-state index in [1.165, 1.54) is 36.4 Å². The van der Waals surface area contributed by atoms with Crippen molar-refractivity contribution in [2.45, 2.75) is 27.2 Å². The number of para-hydroxylation sites is 4. The van der Waals surface area contributed by atoms with Gasteiger partial charge < -0.3 is 18.3 Å². The molecule has 16 rings (SSSR count). The summed E-state index contributed by atoms with van der Waals surface area (Å²) in [5.41, 5.74) is 14.1. The molecule has 16 aromatic rings. The molecule has 418 valence electrons. The minimum Gasteiger partial charge on any atom is -0.308 e. The molecule has 0 fully saturated rings. The lowest BCUT2D eigenvalue weighted by atomic mass is 9.96. The third-order valence-corrected chi connectivity index (χ3v) is 17.8. The topological polar surface area (TPSA) is 67.3 Å². The van der Waals surface area contributed by atoms with E-state index in [-0.39, 0.29) is 16.7 Å². The second-order valence-electron chi connectivity index (χ2n) is 23.0. The largest absolute Gasteiger partial charge is 0.308 e. The lowest BCUT2D eigenvalue weighted by Crippen LogP contribution is -2.07. The van der Waals surface area contributed by atoms with Crippen molar-refractivity contribution in [1.29, 1.82) is 10.5 Å². The quantitative estimate of drug-likeness (QED) is 0.142. The summed E-state index contributed by atoms with van der Waals surface area (Å²) in [4.78, 5) is 0. The van der Waals surface area contributed by atoms with Crippen LogP contribution in [0.2, 0.25) is 0 Å². The molecule has 88 heavy (non-hydrogen) atoms. The Hall–Kier alpha value is -11.5. The maximum Gasteiger partial charge on any atom is 0.134 e. The first kappa shape index (κ1) is 52.1. The van der Waals surface area contributed by atoms with E-state index in [4.69, 9.17) is 0 Å². The Morgan fingerprint density at radius 2 is 0.659 bits per heavy atom. The van der Waals surface area contributed by atoms with Crippen LogP contribution in [0.3, 0.4) is 0 Å². The van der Waals surface area contributed by atoms with Gasteiger partial charge in [0.2, 0.25) is 0 Å². The Labute approximate surface area is 502 Å². The second kappa shape index (κ2) is 19.8. The van der Waals surface area contributed by atoms with Gasteiger partial charge in [-0.25, -0.2) is 17.6 Å². The van der Waals surface area contributed by atoms with Gasteiger partial charge in [-0.3, -0.25) is 0 Å². The average molecular weight is 1150 g/mol. The summed E-state index contributed by atoms with van der Waals surface area (Å²) in [6.45, 7) is 6.12. The summed E-state index contributed by atoms with van der Waals surface area (Å²) in [7, 11) is 0. The van der Waals surface area contributed by atoms with E-state index in [1.54, 1.807) is 24.3 Å². The molecule has 0 spiro atoms. The highest BCUT2D eigenvalue weighted by Crippen LogP contribution is 2.47. The Morgan fingerprint density at radius 1 is 0.307 bits per heavy atom. The van der Waals surface area contributed by atoms with Crippen LogP contribution in [0.25, 0.3) is 132 Å². The maximum absolute atomic E-state index is 16.8. The highest BCUT2D eigenvalue weighted by atomic mass is 19.1. The first-order valence-corrected chi connectivity index (χ1v) is 29.1. The SMILES string of the molecule is Cc1ccc2c(c1)c1ccccc1n2-c1cc(C#N)cc(-n2c3ccccc3c3cc(Cc4cc5c6ccccc6n(-c6cc(C#N)cc(-n7c8ccccc8c8ccc(C)cc87)c6-c6c(F)cccc6F)c5cc4C)ccc32)c1-c1c(F)cccc1F. The highest BCUT2D eigenvalue weighted by molar-refractivity contribution is 6.15. The minimum atomic E-state index is -0.739. The smallest absolute Gasteiger partial charge is 0.134 e. The van der Waals surface area contributed by atoms with Gasteiger partial charge in [0.25, 0.3) is 0 Å². The van der Waals surface area contributed by atoms with Crippen LogP contribution in [0, 0.1) is 66.7 Å². The molecule has 0 atom stereocenters. The van der Waals surface area contributed by atoms with Crippen molar-refractivity contribution in [2.24, 2.45) is 0 Å². The van der Waals surface area contributed by atoms with Crippen molar-refractivity contribution < 1.29 is 17.6 Å². The summed E-state index contributed by atoms with van der Waals surface area (Å²) >= 11 is 0. The molecule has 4 heterocycles. The highest BCUT2D eigenvalue weighted by Gasteiger charge is 2.30. The Kier molecular flexibility index (Phi) is 11.7. The first-order valence-electron chi connectivity index (χ1n) is 29.1. The van der Waals surface area contributed by atoms with E-state index in [2.05, 4.69) is 79.7 Å². The van der Waals surface area contributed by atoms with Crippen LogP contribution >= 0.6 is 0 Å². The second-order valence-corrected chi connectivity index (χ2v) is 23.0. The van der Waals surface area contributed by atoms with Crippen LogP contribution in [-0.2, 0) is 6.42 Å². The number of hydrogen-bond acceptors (Lipinski definition) is 2. The molecule has 0 unspecified atom stereocenters. The lowest BCUT2D eigenvalue weighted by Gasteiger charge is -2.21. The molecule has 0 N–H and O–H groups in total. The number of aromatic nitrogens is 4. The molecular weight excluding hydrogens is 1100 g/mol. The molecule has 0 aliphatic rings. The monoisotopic (exact) mass is 1140 g/mol. The van der Waals surface area contributed by atoms with Gasteiger partial charge in [0, 0.05) is 54.2 Å². The number of nitrogens with zero attached hydrogens (tertiary/aromatic N) is 6. The third-order valence-electron chi connectivity index (χ3n) is 17.8. The Morgan fingerprint density at radius 3 is 1.12 bits per heavy atom. The number of nitriles is 2. The van der Waals surface area contributed by atoms with Gasteiger partial charge in [-0.1, -0.05) is 115 Å². The van der Waals surface area contributed by atoms with Crippen molar-refractivity contribution in [3.8, 4) is 57.1 Å². The van der Waals surface area contributed by atoms with Crippen LogP contribution in [0.1, 0.15) is 38.9 Å². The van der Waals surface area contributed by atoms with Crippen LogP contribution in [-0.4, -0.2) is 18.3 Å². The standard InChI is InChI=1S/C78H48F4N6/c1-44-27-30-67-56(32-44)52-15-5-9-23-64(52)85(67)71-37-48(42-83)38-72(77(71)75-59(79)18-12-19-60(75)80)86-65-24-10-6-16-53(65)57-36-47(28-31-68(57)86)35-50-41-58-54-17-7-11-25-66(54)88(70(58)34-46(50)3)74-40-49(43-84)39-73(78(74)76-61(81)20-13-21-62(76)82)87-63-22-8-4-14-51(63)55-29-26-45(2)33-69(55)87/h4-34,36-41H,35H2,1-3H3. The molecule has 0 radical (unpaired) electrons.